The Labute approximate surface area is 100 Å². The number of ketones is 1. The summed E-state index contributed by atoms with van der Waals surface area (Å²) in [6.45, 7) is 1.68. The van der Waals surface area contributed by atoms with Gasteiger partial charge >= 0.3 is 0 Å². The van der Waals surface area contributed by atoms with Gasteiger partial charge in [0.2, 0.25) is 0 Å². The van der Waals surface area contributed by atoms with Gasteiger partial charge in [-0.15, -0.1) is 0 Å². The van der Waals surface area contributed by atoms with Crippen LogP contribution in [0.2, 0.25) is 0 Å². The van der Waals surface area contributed by atoms with E-state index in [1.54, 1.807) is 0 Å². The first-order valence-corrected chi connectivity index (χ1v) is 5.66. The molecular weight excluding hydrogens is 226 g/mol. The van der Waals surface area contributed by atoms with Crippen molar-refractivity contribution in [1.29, 1.82) is 0 Å². The number of halogens is 1. The molecule has 0 saturated carbocycles. The maximum Gasteiger partial charge on any atom is 0.165 e. The molecule has 0 aliphatic carbocycles. The highest BCUT2D eigenvalue weighted by molar-refractivity contribution is 6.30. The van der Waals surface area contributed by atoms with Crippen molar-refractivity contribution in [2.45, 2.75) is 24.9 Å². The molecule has 1 fully saturated rings. The fourth-order valence-corrected chi connectivity index (χ4v) is 2.15. The van der Waals surface area contributed by atoms with Crippen LogP contribution in [0, 0.1) is 0 Å². The minimum Gasteiger partial charge on any atom is -0.412 e. The second-order valence-corrected chi connectivity index (χ2v) is 4.28. The van der Waals surface area contributed by atoms with Gasteiger partial charge in [0.25, 0.3) is 0 Å². The normalized spacial score (nSPS) is 21.6. The molecule has 1 saturated heterocycles. The van der Waals surface area contributed by atoms with Gasteiger partial charge in [-0.05, 0) is 12.0 Å². The number of piperidine rings is 1. The maximum atomic E-state index is 11.4. The van der Waals surface area contributed by atoms with Crippen molar-refractivity contribution < 1.29 is 10.3 Å². The Bertz CT molecular complexity index is 342. The average Bonchev–Trinajstić information content (AvgIpc) is 2.26. The van der Waals surface area contributed by atoms with E-state index < -0.39 is 5.50 Å². The molecule has 0 spiro atoms. The molecule has 1 unspecified atom stereocenters. The largest absolute Gasteiger partial charge is 0.412 e. The van der Waals surface area contributed by atoms with Crippen molar-refractivity contribution in [3.8, 4) is 0 Å². The molecule has 4 heteroatoms. The summed E-state index contributed by atoms with van der Waals surface area (Å²) in [6, 6.07) is 10.1. The highest BCUT2D eigenvalue weighted by Crippen LogP contribution is 2.19. The van der Waals surface area contributed by atoms with Crippen LogP contribution < -0.4 is 0 Å². The van der Waals surface area contributed by atoms with Crippen molar-refractivity contribution in [2.75, 3.05) is 6.54 Å². The lowest BCUT2D eigenvalue weighted by Crippen LogP contribution is -2.41. The van der Waals surface area contributed by atoms with Crippen molar-refractivity contribution >= 4 is 17.4 Å². The summed E-state index contributed by atoms with van der Waals surface area (Å²) in [5.74, 6) is 0.152. The number of likely N-dealkylation sites (tertiary alicyclic amines) is 1. The van der Waals surface area contributed by atoms with E-state index in [2.05, 4.69) is 12.1 Å². The van der Waals surface area contributed by atoms with Crippen molar-refractivity contribution in [3.05, 3.63) is 35.9 Å². The van der Waals surface area contributed by atoms with Gasteiger partial charge in [0.05, 0.1) is 0 Å². The van der Waals surface area contributed by atoms with Gasteiger partial charge in [0.1, 0.15) is 5.50 Å². The maximum absolute atomic E-state index is 11.4. The Morgan fingerprint density at radius 3 is 2.69 bits per heavy atom. The number of nitrogens with zero attached hydrogens (tertiary/aromatic N) is 1. The third-order valence-electron chi connectivity index (χ3n) is 2.68. The quantitative estimate of drug-likeness (QED) is 0.583. The molecule has 1 aliphatic heterocycles. The van der Waals surface area contributed by atoms with E-state index in [0.717, 1.165) is 19.5 Å². The van der Waals surface area contributed by atoms with E-state index in [0.29, 0.717) is 6.42 Å². The average molecular weight is 242 g/mol. The molecule has 0 amide bonds. The number of rotatable bonds is 2. The van der Waals surface area contributed by atoms with Crippen LogP contribution in [0.3, 0.4) is 0 Å². The van der Waals surface area contributed by atoms with Crippen LogP contribution in [0.4, 0.5) is 0 Å². The molecule has 1 aromatic carbocycles. The van der Waals surface area contributed by atoms with Gasteiger partial charge < -0.3 is 5.48 Å². The lowest BCUT2D eigenvalue weighted by molar-refractivity contribution is -0.124. The van der Waals surface area contributed by atoms with E-state index in [9.17, 15) is 4.79 Å². The van der Waals surface area contributed by atoms with E-state index in [-0.39, 0.29) is 11.3 Å². The summed E-state index contributed by atoms with van der Waals surface area (Å²) in [5, 5.41) is 0. The molecule has 0 aromatic heterocycles. The van der Waals surface area contributed by atoms with Gasteiger partial charge in [-0.1, -0.05) is 41.9 Å². The number of hydrogen-bond acceptors (Lipinski definition) is 2. The fraction of sp³-hybridized carbons (Fsp3) is 0.417. The predicted octanol–water partition coefficient (Wildman–Crippen LogP) is 1.59. The van der Waals surface area contributed by atoms with Crippen LogP contribution in [-0.4, -0.2) is 28.2 Å². The summed E-state index contributed by atoms with van der Waals surface area (Å²) in [5.41, 5.74) is 0.775. The Hall–Kier alpha value is -0.900. The molecule has 1 aromatic rings. The van der Waals surface area contributed by atoms with Crippen LogP contribution >= 0.6 is 11.6 Å². The van der Waals surface area contributed by atoms with Gasteiger partial charge in [0, 0.05) is 19.5 Å². The number of Topliss-reactive ketones (excluding diaryl/α,β-unsaturated/α-hetero) is 1. The van der Waals surface area contributed by atoms with Crippen molar-refractivity contribution in [1.82, 2.24) is 4.90 Å². The van der Waals surface area contributed by atoms with E-state index in [1.807, 2.05) is 23.1 Å². The molecular formula is C12H16ClNO2. The fourth-order valence-electron chi connectivity index (χ4n) is 1.87. The standard InChI is InChI=1S/C12H14ClNO.H2O/c13-12-11(15)7-4-8-14(12)9-10-5-2-1-3-6-10;/h1-3,5-6,12H,4,7-9H2;1H2. The Kier molecular flexibility index (Phi) is 4.93. The van der Waals surface area contributed by atoms with Crippen LogP contribution in [0.5, 0.6) is 0 Å². The number of carbonyl (C=O) groups excluding carboxylic acids is 1. The third-order valence-corrected chi connectivity index (χ3v) is 3.20. The van der Waals surface area contributed by atoms with E-state index in [1.165, 1.54) is 5.56 Å². The second-order valence-electron chi connectivity index (χ2n) is 3.86. The van der Waals surface area contributed by atoms with Gasteiger partial charge in [-0.25, -0.2) is 0 Å². The first kappa shape index (κ1) is 13.2. The second kappa shape index (κ2) is 5.99. The minimum absolute atomic E-state index is 0. The summed E-state index contributed by atoms with van der Waals surface area (Å²) in [4.78, 5) is 13.5. The lowest BCUT2D eigenvalue weighted by Gasteiger charge is -2.30. The summed E-state index contributed by atoms with van der Waals surface area (Å²) >= 11 is 6.06. The first-order valence-electron chi connectivity index (χ1n) is 5.22. The first-order chi connectivity index (χ1) is 7.27. The zero-order valence-electron chi connectivity index (χ0n) is 9.03. The lowest BCUT2D eigenvalue weighted by atomic mass is 10.1. The summed E-state index contributed by atoms with van der Waals surface area (Å²) < 4.78 is 0. The predicted molar refractivity (Wildman–Crippen MR) is 64.3 cm³/mol. The molecule has 1 atom stereocenters. The van der Waals surface area contributed by atoms with Crippen molar-refractivity contribution in [2.24, 2.45) is 0 Å². The SMILES string of the molecule is O.O=C1CCCN(Cc2ccccc2)C1Cl. The number of carbonyl (C=O) groups is 1. The Morgan fingerprint density at radius 1 is 1.31 bits per heavy atom. The number of hydrogen-bond donors (Lipinski definition) is 0. The molecule has 16 heavy (non-hydrogen) atoms. The topological polar surface area (TPSA) is 51.8 Å². The van der Waals surface area contributed by atoms with E-state index in [4.69, 9.17) is 11.6 Å². The van der Waals surface area contributed by atoms with Gasteiger partial charge in [-0.2, -0.15) is 0 Å². The summed E-state index contributed by atoms with van der Waals surface area (Å²) in [7, 11) is 0. The third kappa shape index (κ3) is 3.04. The molecule has 0 radical (unpaired) electrons. The molecule has 2 N–H and O–H groups in total. The highest BCUT2D eigenvalue weighted by atomic mass is 35.5. The van der Waals surface area contributed by atoms with Crippen molar-refractivity contribution in [3.63, 3.8) is 0 Å². The minimum atomic E-state index is -0.432. The van der Waals surface area contributed by atoms with Crippen LogP contribution in [0.25, 0.3) is 0 Å². The molecule has 3 nitrogen and oxygen atoms in total. The van der Waals surface area contributed by atoms with E-state index >= 15 is 0 Å². The van der Waals surface area contributed by atoms with Gasteiger partial charge in [0.15, 0.2) is 5.78 Å². The highest BCUT2D eigenvalue weighted by Gasteiger charge is 2.27. The molecule has 2 rings (SSSR count). The number of alkyl halides is 1. The molecule has 1 heterocycles. The Balaban J connectivity index is 0.00000128. The van der Waals surface area contributed by atoms with Crippen LogP contribution in [-0.2, 0) is 11.3 Å². The Morgan fingerprint density at radius 2 is 2.00 bits per heavy atom. The zero-order valence-corrected chi connectivity index (χ0v) is 9.78. The number of benzene rings is 1. The van der Waals surface area contributed by atoms with Crippen LogP contribution in [0.15, 0.2) is 30.3 Å². The smallest absolute Gasteiger partial charge is 0.165 e. The monoisotopic (exact) mass is 241 g/mol. The zero-order chi connectivity index (χ0) is 10.7. The molecule has 88 valence electrons. The molecule has 0 bridgehead atoms. The van der Waals surface area contributed by atoms with Gasteiger partial charge in [-0.3, -0.25) is 9.69 Å². The summed E-state index contributed by atoms with van der Waals surface area (Å²) in [6.07, 6.45) is 1.55. The van der Waals surface area contributed by atoms with Crippen LogP contribution in [0.1, 0.15) is 18.4 Å². The molecule has 1 aliphatic rings.